The molecule has 120 valence electrons. The molecule has 0 fully saturated rings. The maximum Gasteiger partial charge on any atom is 0.311 e. The van der Waals surface area contributed by atoms with Gasteiger partial charge in [0.05, 0.1) is 18.7 Å². The third-order valence-corrected chi connectivity index (χ3v) is 5.03. The van der Waals surface area contributed by atoms with E-state index in [4.69, 9.17) is 4.74 Å². The Balaban J connectivity index is 2.63. The number of ether oxygens (including phenoxy) is 1. The third-order valence-electron chi connectivity index (χ3n) is 2.64. The van der Waals surface area contributed by atoms with Crippen LogP contribution in [0.2, 0.25) is 0 Å². The molecule has 0 atom stereocenters. The Morgan fingerprint density at radius 1 is 1.48 bits per heavy atom. The van der Waals surface area contributed by atoms with Crippen LogP contribution in [0.4, 0.5) is 5.13 Å². The predicted molar refractivity (Wildman–Crippen MR) is 82.5 cm³/mol. The second-order valence-electron chi connectivity index (χ2n) is 4.41. The van der Waals surface area contributed by atoms with E-state index < -0.39 is 10.2 Å². The highest BCUT2D eigenvalue weighted by Crippen LogP contribution is 2.18. The molecule has 1 aromatic heterocycles. The Labute approximate surface area is 129 Å². The highest BCUT2D eigenvalue weighted by atomic mass is 32.2. The smallest absolute Gasteiger partial charge is 0.311 e. The second-order valence-corrected chi connectivity index (χ2v) is 7.04. The zero-order chi connectivity index (χ0) is 15.9. The number of rotatable bonds is 9. The summed E-state index contributed by atoms with van der Waals surface area (Å²) in [6.07, 6.45) is 1.75. The summed E-state index contributed by atoms with van der Waals surface area (Å²) in [6.45, 7) is 4.48. The van der Waals surface area contributed by atoms with Gasteiger partial charge in [-0.05, 0) is 13.3 Å². The summed E-state index contributed by atoms with van der Waals surface area (Å²) in [6, 6.07) is 0. The highest BCUT2D eigenvalue weighted by Gasteiger charge is 2.19. The van der Waals surface area contributed by atoms with Crippen LogP contribution in [0.15, 0.2) is 5.38 Å². The number of esters is 1. The molecule has 0 aromatic carbocycles. The van der Waals surface area contributed by atoms with Gasteiger partial charge in [0.1, 0.15) is 0 Å². The summed E-state index contributed by atoms with van der Waals surface area (Å²) in [7, 11) is -2.08. The average molecular weight is 335 g/mol. The van der Waals surface area contributed by atoms with E-state index in [2.05, 4.69) is 9.71 Å². The number of nitrogens with zero attached hydrogens (tertiary/aromatic N) is 2. The standard InChI is InChI=1S/C12H21N3O4S2/c1-4-6-7-15(3)21(17,18)14-12-13-10(9-20-12)8-11(16)19-5-2/h9H,4-8H2,1-3H3,(H,13,14). The van der Waals surface area contributed by atoms with Crippen LogP contribution in [-0.2, 0) is 26.2 Å². The highest BCUT2D eigenvalue weighted by molar-refractivity contribution is 7.90. The van der Waals surface area contributed by atoms with Crippen LogP contribution in [-0.4, -0.2) is 43.9 Å². The van der Waals surface area contributed by atoms with Gasteiger partial charge in [-0.2, -0.15) is 12.7 Å². The van der Waals surface area contributed by atoms with Crippen LogP contribution in [0.1, 0.15) is 32.4 Å². The number of carbonyl (C=O) groups is 1. The van der Waals surface area contributed by atoms with Crippen molar-refractivity contribution < 1.29 is 17.9 Å². The fourth-order valence-electron chi connectivity index (χ4n) is 1.48. The number of aromatic nitrogens is 1. The van der Waals surface area contributed by atoms with Crippen molar-refractivity contribution in [3.05, 3.63) is 11.1 Å². The largest absolute Gasteiger partial charge is 0.466 e. The van der Waals surface area contributed by atoms with Crippen molar-refractivity contribution in [1.29, 1.82) is 0 Å². The van der Waals surface area contributed by atoms with E-state index in [0.717, 1.165) is 24.2 Å². The molecule has 9 heteroatoms. The summed E-state index contributed by atoms with van der Waals surface area (Å²) in [4.78, 5) is 15.4. The van der Waals surface area contributed by atoms with Crippen LogP contribution in [0.25, 0.3) is 0 Å². The third kappa shape index (κ3) is 5.98. The zero-order valence-corrected chi connectivity index (χ0v) is 14.1. The molecule has 1 aromatic rings. The molecule has 1 heterocycles. The van der Waals surface area contributed by atoms with E-state index in [1.54, 1.807) is 12.3 Å². The molecule has 0 bridgehead atoms. The maximum atomic E-state index is 12.0. The molecular formula is C12H21N3O4S2. The minimum absolute atomic E-state index is 0.0394. The topological polar surface area (TPSA) is 88.6 Å². The fourth-order valence-corrected chi connectivity index (χ4v) is 3.34. The van der Waals surface area contributed by atoms with Gasteiger partial charge < -0.3 is 4.74 Å². The number of thiazole rings is 1. The Kier molecular flexibility index (Phi) is 7.06. The minimum atomic E-state index is -3.60. The molecule has 0 amide bonds. The first kappa shape index (κ1) is 17.9. The Morgan fingerprint density at radius 3 is 2.81 bits per heavy atom. The van der Waals surface area contributed by atoms with Gasteiger partial charge in [-0.1, -0.05) is 13.3 Å². The van der Waals surface area contributed by atoms with Gasteiger partial charge in [-0.15, -0.1) is 11.3 Å². The van der Waals surface area contributed by atoms with Gasteiger partial charge in [0.2, 0.25) is 0 Å². The van der Waals surface area contributed by atoms with Gasteiger partial charge in [-0.25, -0.2) is 9.71 Å². The molecule has 0 aliphatic rings. The Morgan fingerprint density at radius 2 is 2.19 bits per heavy atom. The Hall–Kier alpha value is -1.19. The van der Waals surface area contributed by atoms with Crippen LogP contribution in [0.3, 0.4) is 0 Å². The second kappa shape index (κ2) is 8.30. The van der Waals surface area contributed by atoms with Crippen molar-refractivity contribution in [2.45, 2.75) is 33.1 Å². The molecular weight excluding hydrogens is 314 g/mol. The van der Waals surface area contributed by atoms with E-state index in [-0.39, 0.29) is 17.5 Å². The van der Waals surface area contributed by atoms with Crippen molar-refractivity contribution in [3.63, 3.8) is 0 Å². The summed E-state index contributed by atoms with van der Waals surface area (Å²) >= 11 is 1.14. The first-order chi connectivity index (χ1) is 9.89. The first-order valence-electron chi connectivity index (χ1n) is 6.73. The molecule has 21 heavy (non-hydrogen) atoms. The normalized spacial score (nSPS) is 11.6. The fraction of sp³-hybridized carbons (Fsp3) is 0.667. The lowest BCUT2D eigenvalue weighted by Crippen LogP contribution is -2.33. The Bertz CT molecular complexity index is 557. The zero-order valence-electron chi connectivity index (χ0n) is 12.5. The molecule has 1 rings (SSSR count). The van der Waals surface area contributed by atoms with Crippen molar-refractivity contribution in [2.75, 3.05) is 24.9 Å². The maximum absolute atomic E-state index is 12.0. The average Bonchev–Trinajstić information content (AvgIpc) is 2.82. The number of carbonyl (C=O) groups excluding carboxylic acids is 1. The van der Waals surface area contributed by atoms with Gasteiger partial charge in [0.25, 0.3) is 0 Å². The minimum Gasteiger partial charge on any atom is -0.466 e. The first-order valence-corrected chi connectivity index (χ1v) is 9.05. The van der Waals surface area contributed by atoms with Crippen molar-refractivity contribution in [2.24, 2.45) is 0 Å². The van der Waals surface area contributed by atoms with Crippen LogP contribution in [0.5, 0.6) is 0 Å². The van der Waals surface area contributed by atoms with Crippen molar-refractivity contribution in [3.8, 4) is 0 Å². The SMILES string of the molecule is CCCCN(C)S(=O)(=O)Nc1nc(CC(=O)OCC)cs1. The van der Waals surface area contributed by atoms with Gasteiger partial charge >= 0.3 is 16.2 Å². The number of nitrogens with one attached hydrogen (secondary N) is 1. The number of hydrogen-bond donors (Lipinski definition) is 1. The molecule has 1 N–H and O–H groups in total. The molecule has 0 saturated heterocycles. The van der Waals surface area contributed by atoms with E-state index in [1.165, 1.54) is 11.4 Å². The lowest BCUT2D eigenvalue weighted by atomic mass is 10.3. The van der Waals surface area contributed by atoms with Crippen LogP contribution in [0, 0.1) is 0 Å². The number of unbranched alkanes of at least 4 members (excludes halogenated alkanes) is 1. The summed E-state index contributed by atoms with van der Waals surface area (Å²) in [5, 5.41) is 1.89. The van der Waals surface area contributed by atoms with E-state index in [1.807, 2.05) is 6.92 Å². The molecule has 0 radical (unpaired) electrons. The molecule has 7 nitrogen and oxygen atoms in total. The summed E-state index contributed by atoms with van der Waals surface area (Å²) < 4.78 is 32.5. The monoisotopic (exact) mass is 335 g/mol. The van der Waals surface area contributed by atoms with E-state index >= 15 is 0 Å². The van der Waals surface area contributed by atoms with Crippen LogP contribution >= 0.6 is 11.3 Å². The number of anilines is 1. The van der Waals surface area contributed by atoms with Gasteiger partial charge in [-0.3, -0.25) is 4.79 Å². The lowest BCUT2D eigenvalue weighted by molar-refractivity contribution is -0.142. The van der Waals surface area contributed by atoms with E-state index in [9.17, 15) is 13.2 Å². The summed E-state index contributed by atoms with van der Waals surface area (Å²) in [5.41, 5.74) is 0.493. The van der Waals surface area contributed by atoms with Gasteiger partial charge in [0, 0.05) is 19.0 Å². The quantitative estimate of drug-likeness (QED) is 0.693. The van der Waals surface area contributed by atoms with Gasteiger partial charge in [0.15, 0.2) is 5.13 Å². The predicted octanol–water partition coefficient (Wildman–Crippen LogP) is 1.64. The number of hydrogen-bond acceptors (Lipinski definition) is 6. The van der Waals surface area contributed by atoms with Crippen molar-refractivity contribution in [1.82, 2.24) is 9.29 Å². The molecule has 0 aliphatic carbocycles. The van der Waals surface area contributed by atoms with E-state index in [0.29, 0.717) is 18.8 Å². The molecule has 0 aliphatic heterocycles. The summed E-state index contributed by atoms with van der Waals surface area (Å²) in [5.74, 6) is -0.378. The molecule has 0 saturated carbocycles. The molecule has 0 unspecified atom stereocenters. The molecule has 0 spiro atoms. The van der Waals surface area contributed by atoms with Crippen LogP contribution < -0.4 is 4.72 Å². The lowest BCUT2D eigenvalue weighted by Gasteiger charge is -2.16. The van der Waals surface area contributed by atoms with Crippen molar-refractivity contribution >= 4 is 32.6 Å².